The number of hydrogen-bond donors (Lipinski definition) is 0. The van der Waals surface area contributed by atoms with Gasteiger partial charge in [-0.3, -0.25) is 9.59 Å². The Morgan fingerprint density at radius 1 is 1.17 bits per heavy atom. The molecule has 0 radical (unpaired) electrons. The zero-order valence-electron chi connectivity index (χ0n) is 13.7. The molecule has 1 amide bonds. The molecular formula is C18H21N3O3. The molecule has 24 heavy (non-hydrogen) atoms. The molecule has 0 bridgehead atoms. The minimum atomic E-state index is -0.223. The largest absolute Gasteiger partial charge is 0.373 e. The maximum atomic E-state index is 12.5. The number of hydrogen-bond acceptors (Lipinski definition) is 4. The van der Waals surface area contributed by atoms with Crippen LogP contribution in [-0.4, -0.2) is 39.8 Å². The van der Waals surface area contributed by atoms with Crippen LogP contribution < -0.4 is 5.56 Å². The zero-order chi connectivity index (χ0) is 16.9. The van der Waals surface area contributed by atoms with Crippen LogP contribution in [0.5, 0.6) is 0 Å². The minimum Gasteiger partial charge on any atom is -0.373 e. The lowest BCUT2D eigenvalue weighted by Crippen LogP contribution is -2.41. The van der Waals surface area contributed by atoms with Gasteiger partial charge < -0.3 is 9.64 Å². The lowest BCUT2D eigenvalue weighted by atomic mass is 10.1. The van der Waals surface area contributed by atoms with E-state index in [1.807, 2.05) is 30.3 Å². The van der Waals surface area contributed by atoms with E-state index < -0.39 is 0 Å². The second-order valence-corrected chi connectivity index (χ2v) is 5.97. The van der Waals surface area contributed by atoms with Crippen molar-refractivity contribution >= 4 is 5.91 Å². The molecule has 0 N–H and O–H groups in total. The van der Waals surface area contributed by atoms with Gasteiger partial charge in [-0.05, 0) is 24.5 Å². The number of aryl methyl sites for hydroxylation is 1. The van der Waals surface area contributed by atoms with E-state index in [1.165, 1.54) is 16.8 Å². The number of ether oxygens (including phenoxy) is 1. The summed E-state index contributed by atoms with van der Waals surface area (Å²) in [7, 11) is 1.54. The molecule has 1 aliphatic rings. The van der Waals surface area contributed by atoms with E-state index in [1.54, 1.807) is 11.9 Å². The molecule has 6 nitrogen and oxygen atoms in total. The van der Waals surface area contributed by atoms with Gasteiger partial charge >= 0.3 is 0 Å². The van der Waals surface area contributed by atoms with Crippen molar-refractivity contribution in [3.05, 3.63) is 64.1 Å². The van der Waals surface area contributed by atoms with Crippen molar-refractivity contribution in [2.45, 2.75) is 25.6 Å². The summed E-state index contributed by atoms with van der Waals surface area (Å²) in [5, 5.41) is 4.02. The number of benzene rings is 1. The average molecular weight is 327 g/mol. The number of rotatable bonds is 4. The van der Waals surface area contributed by atoms with Crippen molar-refractivity contribution in [2.75, 3.05) is 13.1 Å². The Morgan fingerprint density at radius 3 is 2.54 bits per heavy atom. The van der Waals surface area contributed by atoms with Crippen molar-refractivity contribution in [3.8, 4) is 0 Å². The number of carbonyl (C=O) groups excluding carboxylic acids is 1. The quantitative estimate of drug-likeness (QED) is 0.856. The highest BCUT2D eigenvalue weighted by Gasteiger charge is 2.25. The molecule has 1 aromatic carbocycles. The molecule has 1 saturated heterocycles. The van der Waals surface area contributed by atoms with Crippen LogP contribution in [0.4, 0.5) is 0 Å². The Kier molecular flexibility index (Phi) is 5.05. The fourth-order valence-electron chi connectivity index (χ4n) is 2.79. The standard InChI is InChI=1S/C18H21N3O3/c1-20-17(22)8-7-16(19-20)18(23)21-11-9-15(10-12-21)24-13-14-5-3-2-4-6-14/h2-8,15H,9-13H2,1H3. The van der Waals surface area contributed by atoms with E-state index in [9.17, 15) is 9.59 Å². The van der Waals surface area contributed by atoms with Crippen molar-refractivity contribution in [1.29, 1.82) is 0 Å². The third-order valence-corrected chi connectivity index (χ3v) is 4.24. The fourth-order valence-corrected chi connectivity index (χ4v) is 2.79. The maximum Gasteiger partial charge on any atom is 0.274 e. The number of likely N-dealkylation sites (tertiary alicyclic amines) is 1. The summed E-state index contributed by atoms with van der Waals surface area (Å²) in [6, 6.07) is 12.9. The predicted molar refractivity (Wildman–Crippen MR) is 89.6 cm³/mol. The first-order chi connectivity index (χ1) is 11.6. The van der Waals surface area contributed by atoms with E-state index in [4.69, 9.17) is 4.74 Å². The van der Waals surface area contributed by atoms with Gasteiger partial charge in [0.25, 0.3) is 11.5 Å². The van der Waals surface area contributed by atoms with Gasteiger partial charge in [-0.25, -0.2) is 4.68 Å². The zero-order valence-corrected chi connectivity index (χ0v) is 13.7. The Bertz CT molecular complexity index is 750. The first-order valence-electron chi connectivity index (χ1n) is 8.12. The summed E-state index contributed by atoms with van der Waals surface area (Å²) in [4.78, 5) is 25.6. The number of carbonyl (C=O) groups is 1. The number of nitrogens with zero attached hydrogens (tertiary/aromatic N) is 3. The van der Waals surface area contributed by atoms with E-state index in [-0.39, 0.29) is 17.6 Å². The third kappa shape index (κ3) is 3.89. The Hall–Kier alpha value is -2.47. The van der Waals surface area contributed by atoms with Gasteiger partial charge in [0, 0.05) is 26.2 Å². The molecule has 0 atom stereocenters. The lowest BCUT2D eigenvalue weighted by Gasteiger charge is -2.31. The van der Waals surface area contributed by atoms with Crippen LogP contribution in [0, 0.1) is 0 Å². The molecule has 6 heteroatoms. The van der Waals surface area contributed by atoms with Crippen LogP contribution in [0.3, 0.4) is 0 Å². The Morgan fingerprint density at radius 2 is 1.88 bits per heavy atom. The second-order valence-electron chi connectivity index (χ2n) is 5.97. The summed E-state index contributed by atoms with van der Waals surface area (Å²) in [6.45, 7) is 1.88. The van der Waals surface area contributed by atoms with Gasteiger partial charge in [0.05, 0.1) is 12.7 Å². The van der Waals surface area contributed by atoms with Crippen LogP contribution in [0.25, 0.3) is 0 Å². The van der Waals surface area contributed by atoms with Crippen molar-refractivity contribution < 1.29 is 9.53 Å². The Balaban J connectivity index is 1.52. The van der Waals surface area contributed by atoms with Crippen LogP contribution in [-0.2, 0) is 18.4 Å². The normalized spacial score (nSPS) is 15.5. The van der Waals surface area contributed by atoms with Gasteiger partial charge in [-0.2, -0.15) is 5.10 Å². The first kappa shape index (κ1) is 16.4. The first-order valence-corrected chi connectivity index (χ1v) is 8.12. The van der Waals surface area contributed by atoms with Gasteiger partial charge in [0.15, 0.2) is 0 Å². The average Bonchev–Trinajstić information content (AvgIpc) is 2.63. The molecule has 2 aromatic rings. The number of piperidine rings is 1. The molecule has 0 unspecified atom stereocenters. The highest BCUT2D eigenvalue weighted by molar-refractivity contribution is 5.92. The molecule has 0 spiro atoms. The van der Waals surface area contributed by atoms with Gasteiger partial charge in [0.2, 0.25) is 0 Å². The Labute approximate surface area is 140 Å². The van der Waals surface area contributed by atoms with Crippen molar-refractivity contribution in [1.82, 2.24) is 14.7 Å². The molecule has 126 valence electrons. The summed E-state index contributed by atoms with van der Waals surface area (Å²) < 4.78 is 7.12. The summed E-state index contributed by atoms with van der Waals surface area (Å²) in [6.07, 6.45) is 1.79. The van der Waals surface area contributed by atoms with Crippen molar-refractivity contribution in [2.24, 2.45) is 7.05 Å². The van der Waals surface area contributed by atoms with Crippen LogP contribution >= 0.6 is 0 Å². The summed E-state index contributed by atoms with van der Waals surface area (Å²) in [5.41, 5.74) is 1.24. The molecule has 0 aliphatic carbocycles. The monoisotopic (exact) mass is 327 g/mol. The van der Waals surface area contributed by atoms with Crippen LogP contribution in [0.1, 0.15) is 28.9 Å². The molecule has 1 aliphatic heterocycles. The highest BCUT2D eigenvalue weighted by Crippen LogP contribution is 2.17. The number of aromatic nitrogens is 2. The molecular weight excluding hydrogens is 306 g/mol. The van der Waals surface area contributed by atoms with E-state index >= 15 is 0 Å². The fraction of sp³-hybridized carbons (Fsp3) is 0.389. The molecule has 2 heterocycles. The predicted octanol–water partition coefficient (Wildman–Crippen LogP) is 1.60. The topological polar surface area (TPSA) is 64.4 Å². The smallest absolute Gasteiger partial charge is 0.274 e. The van der Waals surface area contributed by atoms with Crippen LogP contribution in [0.15, 0.2) is 47.3 Å². The highest BCUT2D eigenvalue weighted by atomic mass is 16.5. The molecule has 1 aromatic heterocycles. The molecule has 1 fully saturated rings. The van der Waals surface area contributed by atoms with Gasteiger partial charge in [-0.15, -0.1) is 0 Å². The summed E-state index contributed by atoms with van der Waals surface area (Å²) in [5.74, 6) is -0.132. The second kappa shape index (κ2) is 7.40. The third-order valence-electron chi connectivity index (χ3n) is 4.24. The van der Waals surface area contributed by atoms with E-state index in [0.717, 1.165) is 18.4 Å². The molecule has 0 saturated carbocycles. The van der Waals surface area contributed by atoms with E-state index in [0.29, 0.717) is 25.4 Å². The summed E-state index contributed by atoms with van der Waals surface area (Å²) >= 11 is 0. The minimum absolute atomic E-state index is 0.132. The SMILES string of the molecule is Cn1nc(C(=O)N2CCC(OCc3ccccc3)CC2)ccc1=O. The van der Waals surface area contributed by atoms with Gasteiger partial charge in [0.1, 0.15) is 5.69 Å². The maximum absolute atomic E-state index is 12.5. The van der Waals surface area contributed by atoms with E-state index in [2.05, 4.69) is 5.10 Å². The van der Waals surface area contributed by atoms with Crippen molar-refractivity contribution in [3.63, 3.8) is 0 Å². The lowest BCUT2D eigenvalue weighted by molar-refractivity contribution is -0.000559. The van der Waals surface area contributed by atoms with Gasteiger partial charge in [-0.1, -0.05) is 30.3 Å². The van der Waals surface area contributed by atoms with Crippen LogP contribution in [0.2, 0.25) is 0 Å². The number of amides is 1. The molecule has 3 rings (SSSR count).